The third-order valence-corrected chi connectivity index (χ3v) is 2.63. The molecule has 0 saturated heterocycles. The summed E-state index contributed by atoms with van der Waals surface area (Å²) >= 11 is 1.40. The number of thiophene rings is 1. The van der Waals surface area contributed by atoms with E-state index >= 15 is 0 Å². The van der Waals surface area contributed by atoms with Crippen molar-refractivity contribution < 1.29 is 20.1 Å². The van der Waals surface area contributed by atoms with Crippen molar-refractivity contribution in [2.24, 2.45) is 0 Å². The van der Waals surface area contributed by atoms with Crippen LogP contribution >= 0.6 is 11.3 Å². The van der Waals surface area contributed by atoms with Crippen LogP contribution in [0.3, 0.4) is 0 Å². The predicted molar refractivity (Wildman–Crippen MR) is 47.7 cm³/mol. The van der Waals surface area contributed by atoms with Crippen LogP contribution in [0.2, 0.25) is 0 Å². The maximum absolute atomic E-state index is 10.3. The average molecular weight is 202 g/mol. The molecule has 1 aromatic heterocycles. The summed E-state index contributed by atoms with van der Waals surface area (Å²) in [5, 5.41) is 28.6. The third kappa shape index (κ3) is 2.06. The molecular formula is C8H10O4S. The Bertz CT molecular complexity index is 307. The Morgan fingerprint density at radius 1 is 1.54 bits per heavy atom. The van der Waals surface area contributed by atoms with E-state index in [2.05, 4.69) is 0 Å². The number of hydrogen-bond donors (Lipinski definition) is 3. The Hall–Kier alpha value is -0.910. The minimum absolute atomic E-state index is 0.472. The lowest BCUT2D eigenvalue weighted by molar-refractivity contribution is -0.153. The van der Waals surface area contributed by atoms with E-state index < -0.39 is 18.2 Å². The van der Waals surface area contributed by atoms with Crippen molar-refractivity contribution in [2.75, 3.05) is 0 Å². The van der Waals surface area contributed by atoms with Gasteiger partial charge in [-0.15, -0.1) is 11.3 Å². The first kappa shape index (κ1) is 10.2. The maximum Gasteiger partial charge on any atom is 0.335 e. The van der Waals surface area contributed by atoms with Crippen molar-refractivity contribution in [3.63, 3.8) is 0 Å². The molecule has 1 rings (SSSR count). The number of aliphatic carboxylic acids is 1. The van der Waals surface area contributed by atoms with Crippen molar-refractivity contribution in [3.05, 3.63) is 21.9 Å². The van der Waals surface area contributed by atoms with Crippen LogP contribution in [0.25, 0.3) is 0 Å². The molecule has 13 heavy (non-hydrogen) atoms. The van der Waals surface area contributed by atoms with Gasteiger partial charge in [-0.25, -0.2) is 4.79 Å². The van der Waals surface area contributed by atoms with Crippen molar-refractivity contribution in [3.8, 4) is 0 Å². The van der Waals surface area contributed by atoms with Gasteiger partial charge in [-0.05, 0) is 23.9 Å². The minimum Gasteiger partial charge on any atom is -0.479 e. The van der Waals surface area contributed by atoms with E-state index in [1.54, 1.807) is 18.4 Å². The van der Waals surface area contributed by atoms with Gasteiger partial charge in [0.2, 0.25) is 0 Å². The highest BCUT2D eigenvalue weighted by Crippen LogP contribution is 2.24. The molecule has 0 amide bonds. The first-order valence-corrected chi connectivity index (χ1v) is 4.55. The van der Waals surface area contributed by atoms with Crippen molar-refractivity contribution in [2.45, 2.75) is 19.1 Å². The lowest BCUT2D eigenvalue weighted by Crippen LogP contribution is -2.27. The zero-order valence-corrected chi connectivity index (χ0v) is 7.78. The van der Waals surface area contributed by atoms with Crippen LogP contribution in [0.1, 0.15) is 16.5 Å². The molecule has 0 aromatic carbocycles. The Balaban J connectivity index is 2.85. The molecule has 1 heterocycles. The average Bonchev–Trinajstić information content (AvgIpc) is 2.48. The van der Waals surface area contributed by atoms with E-state index in [-0.39, 0.29) is 0 Å². The molecule has 1 aromatic rings. The predicted octanol–water partition coefficient (Wildman–Crippen LogP) is 0.535. The number of carboxylic acids is 1. The van der Waals surface area contributed by atoms with Crippen molar-refractivity contribution in [1.29, 1.82) is 0 Å². The van der Waals surface area contributed by atoms with Gasteiger partial charge in [0.25, 0.3) is 0 Å². The SMILES string of the molecule is Cc1sccc1C(O)C(O)C(=O)O. The number of hydrogen-bond acceptors (Lipinski definition) is 4. The quantitative estimate of drug-likeness (QED) is 0.668. The molecule has 4 nitrogen and oxygen atoms in total. The van der Waals surface area contributed by atoms with E-state index in [1.807, 2.05) is 0 Å². The Morgan fingerprint density at radius 3 is 2.54 bits per heavy atom. The molecule has 0 spiro atoms. The molecule has 0 bridgehead atoms. The van der Waals surface area contributed by atoms with Gasteiger partial charge in [-0.3, -0.25) is 0 Å². The van der Waals surface area contributed by atoms with Crippen LogP contribution in [0, 0.1) is 6.92 Å². The van der Waals surface area contributed by atoms with E-state index in [0.717, 1.165) is 4.88 Å². The highest BCUT2D eigenvalue weighted by molar-refractivity contribution is 7.10. The van der Waals surface area contributed by atoms with Crippen LogP contribution in [0.4, 0.5) is 0 Å². The van der Waals surface area contributed by atoms with Gasteiger partial charge in [0.05, 0.1) is 0 Å². The summed E-state index contributed by atoms with van der Waals surface area (Å²) in [6.45, 7) is 1.76. The molecule has 0 saturated carbocycles. The standard InChI is InChI=1S/C8H10O4S/c1-4-5(2-3-13-4)6(9)7(10)8(11)12/h2-3,6-7,9-10H,1H3,(H,11,12). The minimum atomic E-state index is -1.76. The number of carboxylic acid groups (broad SMARTS) is 1. The van der Waals surface area contributed by atoms with Crippen LogP contribution in [0.5, 0.6) is 0 Å². The fraction of sp³-hybridized carbons (Fsp3) is 0.375. The number of rotatable bonds is 3. The first-order valence-electron chi connectivity index (χ1n) is 3.67. The lowest BCUT2D eigenvalue weighted by atomic mass is 10.1. The summed E-state index contributed by atoms with van der Waals surface area (Å²) in [4.78, 5) is 11.2. The number of carbonyl (C=O) groups is 1. The molecule has 2 atom stereocenters. The second kappa shape index (κ2) is 3.87. The second-order valence-corrected chi connectivity index (χ2v) is 3.78. The van der Waals surface area contributed by atoms with E-state index in [4.69, 9.17) is 10.2 Å². The van der Waals surface area contributed by atoms with Crippen LogP contribution in [-0.4, -0.2) is 27.4 Å². The Labute approximate surface area is 79.1 Å². The number of aliphatic hydroxyl groups excluding tert-OH is 2. The second-order valence-electron chi connectivity index (χ2n) is 2.66. The van der Waals surface area contributed by atoms with Crippen LogP contribution < -0.4 is 0 Å². The normalized spacial score (nSPS) is 15.3. The molecule has 0 aliphatic carbocycles. The van der Waals surface area contributed by atoms with Gasteiger partial charge in [-0.2, -0.15) is 0 Å². The number of aryl methyl sites for hydroxylation is 1. The molecule has 0 fully saturated rings. The molecule has 2 unspecified atom stereocenters. The largest absolute Gasteiger partial charge is 0.479 e. The van der Waals surface area contributed by atoms with E-state index in [0.29, 0.717) is 5.56 Å². The van der Waals surface area contributed by atoms with Gasteiger partial charge < -0.3 is 15.3 Å². The third-order valence-electron chi connectivity index (χ3n) is 1.77. The van der Waals surface area contributed by atoms with Gasteiger partial charge >= 0.3 is 5.97 Å². The maximum atomic E-state index is 10.3. The Morgan fingerprint density at radius 2 is 2.15 bits per heavy atom. The summed E-state index contributed by atoms with van der Waals surface area (Å²) < 4.78 is 0. The van der Waals surface area contributed by atoms with Crippen molar-refractivity contribution >= 4 is 17.3 Å². The molecule has 72 valence electrons. The van der Waals surface area contributed by atoms with Gasteiger partial charge in [0.15, 0.2) is 6.10 Å². The molecule has 0 radical (unpaired) electrons. The molecule has 0 aliphatic rings. The van der Waals surface area contributed by atoms with E-state index in [9.17, 15) is 9.90 Å². The topological polar surface area (TPSA) is 77.8 Å². The zero-order chi connectivity index (χ0) is 10.0. The van der Waals surface area contributed by atoms with Crippen molar-refractivity contribution in [1.82, 2.24) is 0 Å². The fourth-order valence-corrected chi connectivity index (χ4v) is 1.75. The first-order chi connectivity index (χ1) is 6.04. The highest BCUT2D eigenvalue weighted by Gasteiger charge is 2.26. The Kier molecular flexibility index (Phi) is 3.02. The summed E-state index contributed by atoms with van der Waals surface area (Å²) in [5.74, 6) is -1.42. The summed E-state index contributed by atoms with van der Waals surface area (Å²) in [6.07, 6.45) is -3.10. The molecular weight excluding hydrogens is 192 g/mol. The smallest absolute Gasteiger partial charge is 0.335 e. The fourth-order valence-electron chi connectivity index (χ4n) is 1.01. The van der Waals surface area contributed by atoms with E-state index in [1.165, 1.54) is 11.3 Å². The lowest BCUT2D eigenvalue weighted by Gasteiger charge is -2.13. The highest BCUT2D eigenvalue weighted by atomic mass is 32.1. The van der Waals surface area contributed by atoms with Gasteiger partial charge in [-0.1, -0.05) is 0 Å². The molecule has 3 N–H and O–H groups in total. The summed E-state index contributed by atoms with van der Waals surface area (Å²) in [7, 11) is 0. The number of aliphatic hydroxyl groups is 2. The van der Waals surface area contributed by atoms with Crippen LogP contribution in [0.15, 0.2) is 11.4 Å². The zero-order valence-electron chi connectivity index (χ0n) is 6.97. The van der Waals surface area contributed by atoms with Gasteiger partial charge in [0, 0.05) is 4.88 Å². The summed E-state index contributed by atoms with van der Waals surface area (Å²) in [5.41, 5.74) is 0.472. The van der Waals surface area contributed by atoms with Crippen LogP contribution in [-0.2, 0) is 4.79 Å². The molecule has 5 heteroatoms. The summed E-state index contributed by atoms with van der Waals surface area (Å²) in [6, 6.07) is 1.61. The van der Waals surface area contributed by atoms with Gasteiger partial charge in [0.1, 0.15) is 6.10 Å². The molecule has 0 aliphatic heterocycles. The monoisotopic (exact) mass is 202 g/mol.